The molecule has 0 bridgehead atoms. The molecule has 0 fully saturated rings. The number of hydrogen-bond acceptors (Lipinski definition) is 4. The van der Waals surface area contributed by atoms with E-state index in [1.54, 1.807) is 31.2 Å². The first-order valence-electron chi connectivity index (χ1n) is 4.76. The van der Waals surface area contributed by atoms with Crippen molar-refractivity contribution in [2.24, 2.45) is 5.73 Å². The molecule has 0 atom stereocenters. The SMILES string of the molecule is C/C(N)=C(/C#N)C(=S)Nc1ccc(C#N)cc1. The number of hydrogen-bond donors (Lipinski definition) is 2. The molecule has 0 spiro atoms. The van der Waals surface area contributed by atoms with Crippen molar-refractivity contribution in [3.63, 3.8) is 0 Å². The smallest absolute Gasteiger partial charge is 0.123 e. The Balaban J connectivity index is 2.86. The lowest BCUT2D eigenvalue weighted by molar-refractivity contribution is 1.29. The maximum atomic E-state index is 8.87. The molecule has 5 heteroatoms. The third-order valence-electron chi connectivity index (χ3n) is 2.01. The number of rotatable bonds is 2. The van der Waals surface area contributed by atoms with Gasteiger partial charge in [0, 0.05) is 11.4 Å². The first-order chi connectivity index (χ1) is 8.08. The Kier molecular flexibility index (Phi) is 4.21. The van der Waals surface area contributed by atoms with Gasteiger partial charge in [-0.05, 0) is 31.2 Å². The van der Waals surface area contributed by atoms with Gasteiger partial charge in [0.2, 0.25) is 0 Å². The number of anilines is 1. The van der Waals surface area contributed by atoms with Crippen molar-refractivity contribution in [2.45, 2.75) is 6.92 Å². The Morgan fingerprint density at radius 3 is 2.29 bits per heavy atom. The monoisotopic (exact) mass is 242 g/mol. The van der Waals surface area contributed by atoms with Crippen LogP contribution in [0.3, 0.4) is 0 Å². The number of benzene rings is 1. The molecular formula is C12H10N4S. The van der Waals surface area contributed by atoms with Crippen molar-refractivity contribution in [3.8, 4) is 12.1 Å². The highest BCUT2D eigenvalue weighted by atomic mass is 32.1. The number of nitrogens with one attached hydrogen (secondary N) is 1. The van der Waals surface area contributed by atoms with Crippen LogP contribution in [-0.4, -0.2) is 4.99 Å². The van der Waals surface area contributed by atoms with Gasteiger partial charge < -0.3 is 11.1 Å². The third-order valence-corrected chi connectivity index (χ3v) is 2.31. The van der Waals surface area contributed by atoms with Crippen LogP contribution in [0.5, 0.6) is 0 Å². The standard InChI is InChI=1S/C12H10N4S/c1-8(15)11(7-14)12(17)16-10-4-2-9(6-13)3-5-10/h2-5H,15H2,1H3,(H,16,17)/b11-8+. The van der Waals surface area contributed by atoms with Crippen molar-refractivity contribution in [2.75, 3.05) is 5.32 Å². The van der Waals surface area contributed by atoms with Gasteiger partial charge in [0.25, 0.3) is 0 Å². The van der Waals surface area contributed by atoms with E-state index in [9.17, 15) is 0 Å². The highest BCUT2D eigenvalue weighted by molar-refractivity contribution is 7.81. The summed E-state index contributed by atoms with van der Waals surface area (Å²) in [6.45, 7) is 1.62. The molecular weight excluding hydrogens is 232 g/mol. The molecule has 1 aromatic carbocycles. The fraction of sp³-hybridized carbons (Fsp3) is 0.0833. The first-order valence-corrected chi connectivity index (χ1v) is 5.17. The van der Waals surface area contributed by atoms with E-state index in [2.05, 4.69) is 5.32 Å². The van der Waals surface area contributed by atoms with E-state index in [4.69, 9.17) is 28.5 Å². The zero-order valence-electron chi connectivity index (χ0n) is 9.19. The minimum Gasteiger partial charge on any atom is -0.401 e. The Labute approximate surface area is 105 Å². The van der Waals surface area contributed by atoms with Crippen LogP contribution in [0, 0.1) is 22.7 Å². The Bertz CT molecular complexity index is 539. The third kappa shape index (κ3) is 3.30. The molecule has 0 heterocycles. The molecule has 84 valence electrons. The minimum atomic E-state index is 0.254. The molecule has 4 nitrogen and oxygen atoms in total. The number of nitrogens with two attached hydrogens (primary N) is 1. The van der Waals surface area contributed by atoms with E-state index < -0.39 is 0 Å². The van der Waals surface area contributed by atoms with Crippen LogP contribution < -0.4 is 11.1 Å². The lowest BCUT2D eigenvalue weighted by atomic mass is 10.2. The van der Waals surface area contributed by atoms with Gasteiger partial charge in [-0.2, -0.15) is 10.5 Å². The molecule has 1 rings (SSSR count). The normalized spacial score (nSPS) is 10.8. The Morgan fingerprint density at radius 2 is 1.88 bits per heavy atom. The van der Waals surface area contributed by atoms with E-state index in [0.29, 0.717) is 16.9 Å². The summed E-state index contributed by atoms with van der Waals surface area (Å²) in [4.78, 5) is 0.275. The lowest BCUT2D eigenvalue weighted by Gasteiger charge is -2.07. The second-order valence-corrected chi connectivity index (χ2v) is 3.72. The summed E-state index contributed by atoms with van der Waals surface area (Å²) in [7, 11) is 0. The van der Waals surface area contributed by atoms with Crippen molar-refractivity contribution in [1.29, 1.82) is 10.5 Å². The summed E-state index contributed by atoms with van der Waals surface area (Å²) in [5.41, 5.74) is 7.44. The summed E-state index contributed by atoms with van der Waals surface area (Å²) in [6, 6.07) is 10.7. The average molecular weight is 242 g/mol. The van der Waals surface area contributed by atoms with Gasteiger partial charge in [0.15, 0.2) is 0 Å². The summed E-state index contributed by atoms with van der Waals surface area (Å²) < 4.78 is 0. The molecule has 0 saturated heterocycles. The zero-order chi connectivity index (χ0) is 12.8. The average Bonchev–Trinajstić information content (AvgIpc) is 2.30. The fourth-order valence-corrected chi connectivity index (χ4v) is 1.46. The van der Waals surface area contributed by atoms with Gasteiger partial charge in [0.05, 0.1) is 11.6 Å². The number of allylic oxidation sites excluding steroid dienone is 1. The summed E-state index contributed by atoms with van der Waals surface area (Å²) in [6.07, 6.45) is 0. The molecule has 1 aromatic rings. The molecule has 0 aliphatic rings. The zero-order valence-corrected chi connectivity index (χ0v) is 10.0. The highest BCUT2D eigenvalue weighted by Gasteiger charge is 2.06. The quantitative estimate of drug-likeness (QED) is 0.471. The van der Waals surface area contributed by atoms with Crippen molar-refractivity contribution in [1.82, 2.24) is 0 Å². The Hall–Kier alpha value is -2.37. The first kappa shape index (κ1) is 12.7. The van der Waals surface area contributed by atoms with Gasteiger partial charge >= 0.3 is 0 Å². The van der Waals surface area contributed by atoms with Crippen LogP contribution in [0.15, 0.2) is 35.5 Å². The van der Waals surface area contributed by atoms with Crippen LogP contribution >= 0.6 is 12.2 Å². The topological polar surface area (TPSA) is 85.6 Å². The number of nitriles is 2. The van der Waals surface area contributed by atoms with Crippen LogP contribution in [0.25, 0.3) is 0 Å². The van der Waals surface area contributed by atoms with E-state index >= 15 is 0 Å². The molecule has 0 saturated carbocycles. The van der Waals surface area contributed by atoms with Crippen molar-refractivity contribution >= 4 is 22.9 Å². The van der Waals surface area contributed by atoms with Gasteiger partial charge in [-0.3, -0.25) is 0 Å². The molecule has 0 aliphatic carbocycles. The molecule has 0 unspecified atom stereocenters. The summed E-state index contributed by atoms with van der Waals surface area (Å²) >= 11 is 5.06. The maximum Gasteiger partial charge on any atom is 0.123 e. The van der Waals surface area contributed by atoms with Crippen LogP contribution in [0.2, 0.25) is 0 Å². The van der Waals surface area contributed by atoms with Gasteiger partial charge in [-0.25, -0.2) is 0 Å². The number of nitrogens with zero attached hydrogens (tertiary/aromatic N) is 2. The van der Waals surface area contributed by atoms with Crippen LogP contribution in [-0.2, 0) is 0 Å². The van der Waals surface area contributed by atoms with E-state index in [1.165, 1.54) is 0 Å². The minimum absolute atomic E-state index is 0.254. The highest BCUT2D eigenvalue weighted by Crippen LogP contribution is 2.11. The molecule has 0 radical (unpaired) electrons. The Morgan fingerprint density at radius 1 is 1.29 bits per heavy atom. The fourth-order valence-electron chi connectivity index (χ4n) is 1.14. The second-order valence-electron chi connectivity index (χ2n) is 3.31. The van der Waals surface area contributed by atoms with Crippen molar-refractivity contribution in [3.05, 3.63) is 41.1 Å². The molecule has 0 aliphatic heterocycles. The van der Waals surface area contributed by atoms with Crippen LogP contribution in [0.1, 0.15) is 12.5 Å². The summed E-state index contributed by atoms with van der Waals surface area (Å²) in [5, 5.41) is 20.4. The molecule has 0 amide bonds. The van der Waals surface area contributed by atoms with Gasteiger partial charge in [-0.1, -0.05) is 12.2 Å². The van der Waals surface area contributed by atoms with Gasteiger partial charge in [0.1, 0.15) is 16.6 Å². The largest absolute Gasteiger partial charge is 0.401 e. The number of thiocarbonyl (C=S) groups is 1. The molecule has 0 aromatic heterocycles. The predicted molar refractivity (Wildman–Crippen MR) is 69.9 cm³/mol. The lowest BCUT2D eigenvalue weighted by Crippen LogP contribution is -2.14. The molecule has 17 heavy (non-hydrogen) atoms. The second kappa shape index (κ2) is 5.64. The van der Waals surface area contributed by atoms with Crippen molar-refractivity contribution < 1.29 is 0 Å². The van der Waals surface area contributed by atoms with Gasteiger partial charge in [-0.15, -0.1) is 0 Å². The van der Waals surface area contributed by atoms with E-state index in [0.717, 1.165) is 0 Å². The summed E-state index contributed by atoms with van der Waals surface area (Å²) in [5.74, 6) is 0. The van der Waals surface area contributed by atoms with E-state index in [1.807, 2.05) is 12.1 Å². The van der Waals surface area contributed by atoms with Crippen LogP contribution in [0.4, 0.5) is 5.69 Å². The molecule has 3 N–H and O–H groups in total. The predicted octanol–water partition coefficient (Wildman–Crippen LogP) is 2.05. The maximum absolute atomic E-state index is 8.87. The van der Waals surface area contributed by atoms with E-state index in [-0.39, 0.29) is 10.6 Å².